The molecule has 0 saturated heterocycles. The number of benzene rings is 1. The van der Waals surface area contributed by atoms with Crippen molar-refractivity contribution in [3.8, 4) is 5.75 Å². The number of phenols is 1. The van der Waals surface area contributed by atoms with Crippen LogP contribution in [0.5, 0.6) is 5.75 Å². The Balaban J connectivity index is 1.93. The molecule has 0 atom stereocenters. The largest absolute Gasteiger partial charge is 0.508 e. The van der Waals surface area contributed by atoms with Crippen molar-refractivity contribution in [1.82, 2.24) is 14.6 Å². The molecule has 0 fully saturated rings. The van der Waals surface area contributed by atoms with Crippen molar-refractivity contribution in [2.45, 2.75) is 0 Å². The third kappa shape index (κ3) is 2.01. The lowest BCUT2D eigenvalue weighted by atomic mass is 10.2. The van der Waals surface area contributed by atoms with Crippen molar-refractivity contribution < 1.29 is 9.90 Å². The molecule has 4 N–H and O–H groups in total. The highest BCUT2D eigenvalue weighted by molar-refractivity contribution is 6.09. The number of amides is 1. The second-order valence-electron chi connectivity index (χ2n) is 4.19. The van der Waals surface area contributed by atoms with E-state index < -0.39 is 0 Å². The minimum Gasteiger partial charge on any atom is -0.508 e. The molecule has 3 rings (SSSR count). The van der Waals surface area contributed by atoms with Gasteiger partial charge in [-0.05, 0) is 12.1 Å². The number of fused-ring (bicyclic) bond motifs is 1. The van der Waals surface area contributed by atoms with Crippen LogP contribution in [0, 0.1) is 0 Å². The first-order valence-corrected chi connectivity index (χ1v) is 5.82. The van der Waals surface area contributed by atoms with E-state index in [1.54, 1.807) is 23.1 Å². The minimum absolute atomic E-state index is 0.0423. The number of phenolic OH excluding ortho intramolecular Hbond substituents is 1. The van der Waals surface area contributed by atoms with Gasteiger partial charge >= 0.3 is 0 Å². The summed E-state index contributed by atoms with van der Waals surface area (Å²) in [5.74, 6) is -0.300. The first-order chi connectivity index (χ1) is 9.65. The first-order valence-electron chi connectivity index (χ1n) is 5.82. The molecule has 1 amide bonds. The van der Waals surface area contributed by atoms with E-state index in [0.29, 0.717) is 16.8 Å². The van der Waals surface area contributed by atoms with Gasteiger partial charge in [-0.3, -0.25) is 9.78 Å². The Morgan fingerprint density at radius 1 is 1.35 bits per heavy atom. The second kappa shape index (κ2) is 4.54. The number of carbonyl (C=O) groups is 1. The SMILES string of the molecule is Nc1cc(O)ccc1NC(=O)c1cnn2ccncc12. The van der Waals surface area contributed by atoms with Gasteiger partial charge in [-0.2, -0.15) is 5.10 Å². The lowest BCUT2D eigenvalue weighted by Crippen LogP contribution is -2.13. The summed E-state index contributed by atoms with van der Waals surface area (Å²) in [7, 11) is 0. The number of nitrogens with zero attached hydrogens (tertiary/aromatic N) is 3. The zero-order valence-electron chi connectivity index (χ0n) is 10.3. The summed E-state index contributed by atoms with van der Waals surface area (Å²) in [6.45, 7) is 0. The number of nitrogens with two attached hydrogens (primary N) is 1. The molecule has 0 bridgehead atoms. The zero-order valence-corrected chi connectivity index (χ0v) is 10.3. The van der Waals surface area contributed by atoms with E-state index in [9.17, 15) is 9.90 Å². The number of nitrogens with one attached hydrogen (secondary N) is 1. The van der Waals surface area contributed by atoms with Crippen LogP contribution in [-0.2, 0) is 0 Å². The Labute approximate surface area is 113 Å². The van der Waals surface area contributed by atoms with Gasteiger partial charge in [0.05, 0.1) is 34.8 Å². The number of hydrogen-bond acceptors (Lipinski definition) is 5. The second-order valence-corrected chi connectivity index (χ2v) is 4.19. The average molecular weight is 269 g/mol. The van der Waals surface area contributed by atoms with Gasteiger partial charge in [0.15, 0.2) is 0 Å². The predicted octanol–water partition coefficient (Wildman–Crippen LogP) is 1.27. The van der Waals surface area contributed by atoms with Crippen LogP contribution in [0.1, 0.15) is 10.4 Å². The molecule has 20 heavy (non-hydrogen) atoms. The maximum atomic E-state index is 12.2. The van der Waals surface area contributed by atoms with Crippen LogP contribution < -0.4 is 11.1 Å². The van der Waals surface area contributed by atoms with E-state index in [-0.39, 0.29) is 17.3 Å². The van der Waals surface area contributed by atoms with Gasteiger partial charge in [-0.25, -0.2) is 4.52 Å². The summed E-state index contributed by atoms with van der Waals surface area (Å²) in [6, 6.07) is 4.35. The molecular formula is C13H11N5O2. The number of aromatic nitrogens is 3. The fourth-order valence-corrected chi connectivity index (χ4v) is 1.86. The Morgan fingerprint density at radius 3 is 3.00 bits per heavy atom. The van der Waals surface area contributed by atoms with Crippen LogP contribution in [0.4, 0.5) is 11.4 Å². The molecule has 0 aliphatic carbocycles. The van der Waals surface area contributed by atoms with E-state index >= 15 is 0 Å². The smallest absolute Gasteiger partial charge is 0.259 e. The highest BCUT2D eigenvalue weighted by Gasteiger charge is 2.14. The Kier molecular flexibility index (Phi) is 2.72. The van der Waals surface area contributed by atoms with Crippen molar-refractivity contribution in [3.63, 3.8) is 0 Å². The molecule has 0 aliphatic rings. The zero-order chi connectivity index (χ0) is 14.1. The van der Waals surface area contributed by atoms with Gasteiger partial charge in [0, 0.05) is 18.5 Å². The van der Waals surface area contributed by atoms with Gasteiger partial charge in [-0.15, -0.1) is 0 Å². The van der Waals surface area contributed by atoms with Gasteiger partial charge in [0.2, 0.25) is 0 Å². The Bertz CT molecular complexity index is 796. The molecule has 0 aliphatic heterocycles. The standard InChI is InChI=1S/C13H11N5O2/c14-10-5-8(19)1-2-11(10)17-13(20)9-6-16-18-4-3-15-7-12(9)18/h1-7,19H,14H2,(H,17,20). The number of hydrogen-bond donors (Lipinski definition) is 3. The predicted molar refractivity (Wildman–Crippen MR) is 73.5 cm³/mol. The van der Waals surface area contributed by atoms with Crippen LogP contribution in [0.15, 0.2) is 43.0 Å². The molecule has 2 aromatic heterocycles. The topological polar surface area (TPSA) is 106 Å². The molecule has 0 unspecified atom stereocenters. The highest BCUT2D eigenvalue weighted by atomic mass is 16.3. The number of aromatic hydroxyl groups is 1. The van der Waals surface area contributed by atoms with Crippen LogP contribution in [-0.4, -0.2) is 25.6 Å². The highest BCUT2D eigenvalue weighted by Crippen LogP contribution is 2.24. The summed E-state index contributed by atoms with van der Waals surface area (Å²) in [5, 5.41) is 16.0. The number of carbonyl (C=O) groups excluding carboxylic acids is 1. The van der Waals surface area contributed by atoms with E-state index in [1.165, 1.54) is 24.4 Å². The van der Waals surface area contributed by atoms with Crippen molar-refractivity contribution in [2.75, 3.05) is 11.1 Å². The molecule has 7 heteroatoms. The fourth-order valence-electron chi connectivity index (χ4n) is 1.86. The number of anilines is 2. The first kappa shape index (κ1) is 12.0. The number of nitrogen functional groups attached to an aromatic ring is 1. The average Bonchev–Trinajstić information content (AvgIpc) is 2.86. The maximum Gasteiger partial charge on any atom is 0.259 e. The molecule has 0 spiro atoms. The monoisotopic (exact) mass is 269 g/mol. The lowest BCUT2D eigenvalue weighted by Gasteiger charge is -2.07. The van der Waals surface area contributed by atoms with Crippen molar-refractivity contribution in [1.29, 1.82) is 0 Å². The molecule has 7 nitrogen and oxygen atoms in total. The van der Waals surface area contributed by atoms with E-state index in [4.69, 9.17) is 5.73 Å². The summed E-state index contributed by atoms with van der Waals surface area (Å²) < 4.78 is 1.56. The van der Waals surface area contributed by atoms with Crippen molar-refractivity contribution in [3.05, 3.63) is 48.5 Å². The summed E-state index contributed by atoms with van der Waals surface area (Å²) >= 11 is 0. The molecule has 2 heterocycles. The maximum absolute atomic E-state index is 12.2. The van der Waals surface area contributed by atoms with Gasteiger partial charge in [0.25, 0.3) is 5.91 Å². The molecule has 1 aromatic carbocycles. The Morgan fingerprint density at radius 2 is 2.20 bits per heavy atom. The van der Waals surface area contributed by atoms with E-state index in [2.05, 4.69) is 15.4 Å². The fraction of sp³-hybridized carbons (Fsp3) is 0. The summed E-state index contributed by atoms with van der Waals surface area (Å²) in [5.41, 5.74) is 7.43. The quantitative estimate of drug-likeness (QED) is 0.480. The number of rotatable bonds is 2. The van der Waals surface area contributed by atoms with Gasteiger partial charge in [0.1, 0.15) is 5.75 Å². The normalized spacial score (nSPS) is 10.6. The lowest BCUT2D eigenvalue weighted by molar-refractivity contribution is 0.102. The molecule has 3 aromatic rings. The van der Waals surface area contributed by atoms with Crippen LogP contribution in [0.3, 0.4) is 0 Å². The molecule has 0 radical (unpaired) electrons. The molecule has 0 saturated carbocycles. The van der Waals surface area contributed by atoms with Crippen LogP contribution >= 0.6 is 0 Å². The van der Waals surface area contributed by atoms with Crippen molar-refractivity contribution >= 4 is 22.8 Å². The van der Waals surface area contributed by atoms with Crippen LogP contribution in [0.25, 0.3) is 5.52 Å². The third-order valence-corrected chi connectivity index (χ3v) is 2.85. The van der Waals surface area contributed by atoms with E-state index in [0.717, 1.165) is 0 Å². The van der Waals surface area contributed by atoms with Crippen LogP contribution in [0.2, 0.25) is 0 Å². The van der Waals surface area contributed by atoms with Gasteiger partial charge in [-0.1, -0.05) is 0 Å². The van der Waals surface area contributed by atoms with E-state index in [1.807, 2.05) is 0 Å². The summed E-state index contributed by atoms with van der Waals surface area (Å²) in [6.07, 6.45) is 6.26. The third-order valence-electron chi connectivity index (χ3n) is 2.85. The Hall–Kier alpha value is -3.09. The molecular weight excluding hydrogens is 258 g/mol. The molecule has 100 valence electrons. The van der Waals surface area contributed by atoms with Gasteiger partial charge < -0.3 is 16.2 Å². The minimum atomic E-state index is -0.342. The van der Waals surface area contributed by atoms with Crippen molar-refractivity contribution in [2.24, 2.45) is 0 Å². The summed E-state index contributed by atoms with van der Waals surface area (Å²) in [4.78, 5) is 16.2.